The third-order valence-electron chi connectivity index (χ3n) is 6.09. The lowest BCUT2D eigenvalue weighted by atomic mass is 10.0. The molecule has 35 heavy (non-hydrogen) atoms. The quantitative estimate of drug-likeness (QED) is 0.519. The predicted molar refractivity (Wildman–Crippen MR) is 126 cm³/mol. The van der Waals surface area contributed by atoms with E-state index in [1.807, 2.05) is 30.3 Å². The Bertz CT molecular complexity index is 1210. The molecule has 3 aromatic rings. The highest BCUT2D eigenvalue weighted by Crippen LogP contribution is 2.31. The molecule has 1 saturated heterocycles. The van der Waals surface area contributed by atoms with Crippen LogP contribution in [0.25, 0.3) is 11.1 Å². The van der Waals surface area contributed by atoms with Gasteiger partial charge in [-0.05, 0) is 54.3 Å². The monoisotopic (exact) mass is 482 g/mol. The first-order valence-corrected chi connectivity index (χ1v) is 11.3. The summed E-state index contributed by atoms with van der Waals surface area (Å²) in [4.78, 5) is 27.7. The number of nitrogens with zero attached hydrogens (tertiary/aromatic N) is 1. The van der Waals surface area contributed by atoms with E-state index in [-0.39, 0.29) is 18.4 Å². The van der Waals surface area contributed by atoms with Crippen LogP contribution in [0.15, 0.2) is 72.8 Å². The molecule has 0 aliphatic carbocycles. The fourth-order valence-corrected chi connectivity index (χ4v) is 4.27. The van der Waals surface area contributed by atoms with Gasteiger partial charge in [-0.25, -0.2) is 0 Å². The molecule has 1 fully saturated rings. The summed E-state index contributed by atoms with van der Waals surface area (Å²) in [5.41, 5.74) is 1.96. The average Bonchev–Trinajstić information content (AvgIpc) is 3.37. The van der Waals surface area contributed by atoms with E-state index in [1.54, 1.807) is 30.2 Å². The van der Waals surface area contributed by atoms with Gasteiger partial charge < -0.3 is 15.0 Å². The summed E-state index contributed by atoms with van der Waals surface area (Å²) in [7, 11) is 1.59. The molecule has 3 aromatic carbocycles. The summed E-state index contributed by atoms with van der Waals surface area (Å²) in [5, 5.41) is 2.76. The average molecular weight is 483 g/mol. The molecule has 0 aromatic heterocycles. The Morgan fingerprint density at radius 3 is 2.49 bits per heavy atom. The zero-order valence-electron chi connectivity index (χ0n) is 19.1. The number of hydrogen-bond acceptors (Lipinski definition) is 3. The van der Waals surface area contributed by atoms with Gasteiger partial charge in [-0.3, -0.25) is 9.59 Å². The summed E-state index contributed by atoms with van der Waals surface area (Å²) in [6.45, 7) is 0.537. The van der Waals surface area contributed by atoms with Crippen molar-refractivity contribution in [3.63, 3.8) is 0 Å². The van der Waals surface area contributed by atoms with E-state index in [1.165, 1.54) is 12.1 Å². The molecule has 0 radical (unpaired) electrons. The molecule has 1 aliphatic rings. The maximum absolute atomic E-state index is 13.3. The normalized spacial score (nSPS) is 15.7. The first-order valence-electron chi connectivity index (χ1n) is 11.3. The van der Waals surface area contributed by atoms with Crippen LogP contribution in [0.2, 0.25) is 0 Å². The highest BCUT2D eigenvalue weighted by Gasteiger charge is 2.34. The van der Waals surface area contributed by atoms with Gasteiger partial charge in [0.25, 0.3) is 5.91 Å². The fourth-order valence-electron chi connectivity index (χ4n) is 4.27. The van der Waals surface area contributed by atoms with Crippen molar-refractivity contribution in [2.75, 3.05) is 13.7 Å². The minimum atomic E-state index is -4.41. The van der Waals surface area contributed by atoms with Crippen molar-refractivity contribution in [1.29, 1.82) is 0 Å². The summed E-state index contributed by atoms with van der Waals surface area (Å²) in [5.74, 6) is 0.129. The standard InChI is InChI=1S/C27H25F3N2O3/c1-35-24-10-3-2-8-22(24)19-6-4-7-20(16-19)26(34)32-15-5-9-23(32)25(33)31-17-18-11-13-21(14-12-18)27(28,29)30/h2-4,6-8,10-14,16,23H,5,9,15,17H2,1H3,(H,31,33)/t23-/m0/s1. The van der Waals surface area contributed by atoms with E-state index >= 15 is 0 Å². The Kier molecular flexibility index (Phi) is 7.10. The summed E-state index contributed by atoms with van der Waals surface area (Å²) < 4.78 is 43.7. The lowest BCUT2D eigenvalue weighted by Gasteiger charge is -2.24. The Morgan fingerprint density at radius 2 is 1.77 bits per heavy atom. The molecule has 1 heterocycles. The van der Waals surface area contributed by atoms with E-state index in [0.29, 0.717) is 36.3 Å². The largest absolute Gasteiger partial charge is 0.496 e. The fraction of sp³-hybridized carbons (Fsp3) is 0.259. The van der Waals surface area contributed by atoms with Crippen LogP contribution < -0.4 is 10.1 Å². The zero-order valence-corrected chi connectivity index (χ0v) is 19.1. The first-order chi connectivity index (χ1) is 16.8. The van der Waals surface area contributed by atoms with Gasteiger partial charge in [0, 0.05) is 24.2 Å². The number of carbonyl (C=O) groups excluding carboxylic acids is 2. The van der Waals surface area contributed by atoms with E-state index in [4.69, 9.17) is 4.74 Å². The van der Waals surface area contributed by atoms with Gasteiger partial charge in [0.05, 0.1) is 12.7 Å². The molecular formula is C27H25F3N2O3. The number of likely N-dealkylation sites (tertiary alicyclic amines) is 1. The predicted octanol–water partition coefficient (Wildman–Crippen LogP) is 5.30. The molecule has 2 amide bonds. The number of alkyl halides is 3. The Hall–Kier alpha value is -3.81. The van der Waals surface area contributed by atoms with Gasteiger partial charge in [0.15, 0.2) is 0 Å². The van der Waals surface area contributed by atoms with Gasteiger partial charge in [-0.15, -0.1) is 0 Å². The minimum Gasteiger partial charge on any atom is -0.496 e. The smallest absolute Gasteiger partial charge is 0.416 e. The molecular weight excluding hydrogens is 457 g/mol. The van der Waals surface area contributed by atoms with Crippen molar-refractivity contribution in [3.8, 4) is 16.9 Å². The van der Waals surface area contributed by atoms with Gasteiger partial charge in [-0.2, -0.15) is 13.2 Å². The number of carbonyl (C=O) groups is 2. The van der Waals surface area contributed by atoms with Gasteiger partial charge in [0.2, 0.25) is 5.91 Å². The SMILES string of the molecule is COc1ccccc1-c1cccc(C(=O)N2CCC[C@H]2C(=O)NCc2ccc(C(F)(F)F)cc2)c1. The molecule has 5 nitrogen and oxygen atoms in total. The number of para-hydroxylation sites is 1. The van der Waals surface area contributed by atoms with Crippen molar-refractivity contribution in [3.05, 3.63) is 89.5 Å². The van der Waals surface area contributed by atoms with Crippen LogP contribution in [0, 0.1) is 0 Å². The van der Waals surface area contributed by atoms with Gasteiger partial charge >= 0.3 is 6.18 Å². The number of ether oxygens (including phenoxy) is 1. The third-order valence-corrected chi connectivity index (χ3v) is 6.09. The zero-order chi connectivity index (χ0) is 25.0. The molecule has 0 bridgehead atoms. The highest BCUT2D eigenvalue weighted by molar-refractivity contribution is 5.99. The second-order valence-electron chi connectivity index (χ2n) is 8.35. The molecule has 4 rings (SSSR count). The van der Waals surface area contributed by atoms with Crippen LogP contribution in [0.3, 0.4) is 0 Å². The number of methoxy groups -OCH3 is 1. The van der Waals surface area contributed by atoms with E-state index in [0.717, 1.165) is 23.3 Å². The molecule has 1 atom stereocenters. The number of benzene rings is 3. The maximum Gasteiger partial charge on any atom is 0.416 e. The van der Waals surface area contributed by atoms with Gasteiger partial charge in [-0.1, -0.05) is 42.5 Å². The van der Waals surface area contributed by atoms with Crippen LogP contribution in [-0.2, 0) is 17.5 Å². The number of rotatable bonds is 6. The second kappa shape index (κ2) is 10.2. The summed E-state index contributed by atoms with van der Waals surface area (Å²) in [6, 6.07) is 18.7. The van der Waals surface area contributed by atoms with Crippen LogP contribution >= 0.6 is 0 Å². The van der Waals surface area contributed by atoms with Crippen molar-refractivity contribution in [2.24, 2.45) is 0 Å². The maximum atomic E-state index is 13.3. The van der Waals surface area contributed by atoms with Crippen LogP contribution in [-0.4, -0.2) is 36.4 Å². The summed E-state index contributed by atoms with van der Waals surface area (Å²) >= 11 is 0. The van der Waals surface area contributed by atoms with Gasteiger partial charge in [0.1, 0.15) is 11.8 Å². The summed E-state index contributed by atoms with van der Waals surface area (Å²) in [6.07, 6.45) is -3.19. The van der Waals surface area contributed by atoms with Crippen LogP contribution in [0.1, 0.15) is 34.3 Å². The molecule has 1 aliphatic heterocycles. The topological polar surface area (TPSA) is 58.6 Å². The third kappa shape index (κ3) is 5.48. The van der Waals surface area contributed by atoms with E-state index in [9.17, 15) is 22.8 Å². The van der Waals surface area contributed by atoms with E-state index < -0.39 is 17.8 Å². The first kappa shape index (κ1) is 24.3. The number of halogens is 3. The molecule has 182 valence electrons. The molecule has 8 heteroatoms. The Labute approximate surface area is 201 Å². The number of nitrogens with one attached hydrogen (secondary N) is 1. The molecule has 0 spiro atoms. The molecule has 0 saturated carbocycles. The Balaban J connectivity index is 1.45. The highest BCUT2D eigenvalue weighted by atomic mass is 19.4. The van der Waals surface area contributed by atoms with Crippen molar-refractivity contribution in [1.82, 2.24) is 10.2 Å². The van der Waals surface area contributed by atoms with Crippen molar-refractivity contribution >= 4 is 11.8 Å². The number of amides is 2. The molecule has 1 N–H and O–H groups in total. The van der Waals surface area contributed by atoms with E-state index in [2.05, 4.69) is 5.32 Å². The number of hydrogen-bond donors (Lipinski definition) is 1. The van der Waals surface area contributed by atoms with Crippen molar-refractivity contribution in [2.45, 2.75) is 31.6 Å². The lowest BCUT2D eigenvalue weighted by molar-refractivity contribution is -0.137. The lowest BCUT2D eigenvalue weighted by Crippen LogP contribution is -2.45. The molecule has 0 unspecified atom stereocenters. The Morgan fingerprint density at radius 1 is 1.03 bits per heavy atom. The van der Waals surface area contributed by atoms with Crippen molar-refractivity contribution < 1.29 is 27.5 Å². The van der Waals surface area contributed by atoms with Crippen LogP contribution in [0.4, 0.5) is 13.2 Å². The van der Waals surface area contributed by atoms with Crippen LogP contribution in [0.5, 0.6) is 5.75 Å². The minimum absolute atomic E-state index is 0.0821. The second-order valence-corrected chi connectivity index (χ2v) is 8.35.